The van der Waals surface area contributed by atoms with Crippen molar-refractivity contribution in [1.29, 1.82) is 0 Å². The average molecular weight is 380 g/mol. The van der Waals surface area contributed by atoms with Crippen LogP contribution in [0.4, 0.5) is 5.69 Å². The second-order valence-electron chi connectivity index (χ2n) is 5.96. The van der Waals surface area contributed by atoms with Crippen molar-refractivity contribution in [3.8, 4) is 11.1 Å². The Balaban J connectivity index is 1.71. The molecule has 3 aromatic rings. The van der Waals surface area contributed by atoms with Gasteiger partial charge in [0.15, 0.2) is 6.10 Å². The third-order valence-electron chi connectivity index (χ3n) is 3.98. The lowest BCUT2D eigenvalue weighted by atomic mass is 10.0. The van der Waals surface area contributed by atoms with Gasteiger partial charge in [0, 0.05) is 16.3 Å². The van der Waals surface area contributed by atoms with E-state index in [2.05, 4.69) is 5.32 Å². The van der Waals surface area contributed by atoms with Crippen molar-refractivity contribution in [1.82, 2.24) is 0 Å². The van der Waals surface area contributed by atoms with Gasteiger partial charge in [-0.15, -0.1) is 0 Å². The zero-order valence-corrected chi connectivity index (χ0v) is 15.4. The molecule has 0 unspecified atom stereocenters. The lowest BCUT2D eigenvalue weighted by molar-refractivity contribution is -0.123. The molecule has 27 heavy (non-hydrogen) atoms. The molecule has 0 bridgehead atoms. The average Bonchev–Trinajstić information content (AvgIpc) is 2.69. The number of nitrogens with one attached hydrogen (secondary N) is 1. The van der Waals surface area contributed by atoms with Gasteiger partial charge in [0.25, 0.3) is 5.91 Å². The fourth-order valence-electron chi connectivity index (χ4n) is 2.59. The highest BCUT2D eigenvalue weighted by atomic mass is 35.5. The van der Waals surface area contributed by atoms with E-state index >= 15 is 0 Å². The number of ether oxygens (including phenoxy) is 1. The Morgan fingerprint density at radius 1 is 0.926 bits per heavy atom. The fourth-order valence-corrected chi connectivity index (χ4v) is 2.78. The molecular weight excluding hydrogens is 362 g/mol. The largest absolute Gasteiger partial charge is 0.449 e. The Kier molecular flexibility index (Phi) is 5.89. The van der Waals surface area contributed by atoms with Crippen molar-refractivity contribution in [3.05, 3.63) is 89.4 Å². The number of rotatable bonds is 5. The molecule has 0 fully saturated rings. The molecule has 0 saturated carbocycles. The lowest BCUT2D eigenvalue weighted by Crippen LogP contribution is -2.30. The number of hydrogen-bond donors (Lipinski definition) is 1. The molecule has 5 heteroatoms. The summed E-state index contributed by atoms with van der Waals surface area (Å²) < 4.78 is 5.26. The van der Waals surface area contributed by atoms with E-state index in [1.54, 1.807) is 18.2 Å². The number of hydrogen-bond acceptors (Lipinski definition) is 3. The van der Waals surface area contributed by atoms with Gasteiger partial charge < -0.3 is 10.1 Å². The number of carbonyl (C=O) groups excluding carboxylic acids is 2. The first kappa shape index (κ1) is 18.7. The molecule has 1 amide bonds. The molecule has 0 aliphatic heterocycles. The monoisotopic (exact) mass is 379 g/mol. The minimum atomic E-state index is -0.958. The van der Waals surface area contributed by atoms with Crippen LogP contribution < -0.4 is 5.32 Å². The number of esters is 1. The van der Waals surface area contributed by atoms with E-state index in [-0.39, 0.29) is 0 Å². The van der Waals surface area contributed by atoms with Crippen LogP contribution in [0, 0.1) is 0 Å². The minimum Gasteiger partial charge on any atom is -0.449 e. The van der Waals surface area contributed by atoms with Gasteiger partial charge in [0.1, 0.15) is 0 Å². The minimum absolute atomic E-state index is 0.298. The third-order valence-corrected chi connectivity index (χ3v) is 4.22. The third kappa shape index (κ3) is 4.74. The predicted molar refractivity (Wildman–Crippen MR) is 107 cm³/mol. The van der Waals surface area contributed by atoms with Gasteiger partial charge in [-0.25, -0.2) is 4.79 Å². The quantitative estimate of drug-likeness (QED) is 0.620. The Hall–Kier alpha value is -3.11. The molecule has 0 radical (unpaired) electrons. The van der Waals surface area contributed by atoms with Crippen molar-refractivity contribution < 1.29 is 14.3 Å². The SMILES string of the molecule is C[C@@H](OC(=O)c1cccc(Cl)c1)C(=O)Nc1ccccc1-c1ccccc1. The van der Waals surface area contributed by atoms with Crippen LogP contribution in [-0.4, -0.2) is 18.0 Å². The number of carbonyl (C=O) groups is 2. The fraction of sp³-hybridized carbons (Fsp3) is 0.0909. The second kappa shape index (κ2) is 8.52. The van der Waals surface area contributed by atoms with Crippen LogP contribution in [0.5, 0.6) is 0 Å². The Morgan fingerprint density at radius 3 is 2.37 bits per heavy atom. The molecule has 4 nitrogen and oxygen atoms in total. The molecule has 136 valence electrons. The molecular formula is C22H18ClNO3. The zero-order valence-electron chi connectivity index (χ0n) is 14.7. The van der Waals surface area contributed by atoms with Crippen molar-refractivity contribution in [3.63, 3.8) is 0 Å². The van der Waals surface area contributed by atoms with Crippen LogP contribution in [-0.2, 0) is 9.53 Å². The summed E-state index contributed by atoms with van der Waals surface area (Å²) in [5.74, 6) is -1.01. The smallest absolute Gasteiger partial charge is 0.338 e. The molecule has 3 aromatic carbocycles. The second-order valence-corrected chi connectivity index (χ2v) is 6.40. The van der Waals surface area contributed by atoms with Gasteiger partial charge in [-0.3, -0.25) is 4.79 Å². The van der Waals surface area contributed by atoms with E-state index in [1.165, 1.54) is 13.0 Å². The molecule has 1 N–H and O–H groups in total. The summed E-state index contributed by atoms with van der Waals surface area (Å²) in [6, 6.07) is 23.6. The number of halogens is 1. The number of anilines is 1. The highest BCUT2D eigenvalue weighted by molar-refractivity contribution is 6.30. The molecule has 0 heterocycles. The molecule has 3 rings (SSSR count). The van der Waals surface area contributed by atoms with Gasteiger partial charge in [0.05, 0.1) is 5.56 Å². The topological polar surface area (TPSA) is 55.4 Å². The number of benzene rings is 3. The number of amides is 1. The van der Waals surface area contributed by atoms with Crippen molar-refractivity contribution in [2.45, 2.75) is 13.0 Å². The van der Waals surface area contributed by atoms with E-state index in [9.17, 15) is 9.59 Å². The van der Waals surface area contributed by atoms with Crippen molar-refractivity contribution in [2.75, 3.05) is 5.32 Å². The molecule has 0 aromatic heterocycles. The van der Waals surface area contributed by atoms with E-state index in [1.807, 2.05) is 54.6 Å². The normalized spacial score (nSPS) is 11.5. The van der Waals surface area contributed by atoms with Gasteiger partial charge in [0.2, 0.25) is 0 Å². The summed E-state index contributed by atoms with van der Waals surface area (Å²) in [6.07, 6.45) is -0.958. The van der Waals surface area contributed by atoms with E-state index < -0.39 is 18.0 Å². The van der Waals surface area contributed by atoms with Gasteiger partial charge >= 0.3 is 5.97 Å². The highest BCUT2D eigenvalue weighted by Gasteiger charge is 2.20. The summed E-state index contributed by atoms with van der Waals surface area (Å²) in [7, 11) is 0. The van der Waals surface area contributed by atoms with Crippen LogP contribution in [0.1, 0.15) is 17.3 Å². The first-order chi connectivity index (χ1) is 13.0. The van der Waals surface area contributed by atoms with E-state index in [0.29, 0.717) is 16.3 Å². The summed E-state index contributed by atoms with van der Waals surface area (Å²) in [6.45, 7) is 1.53. The maximum absolute atomic E-state index is 12.5. The maximum atomic E-state index is 12.5. The van der Waals surface area contributed by atoms with Crippen molar-refractivity contribution in [2.24, 2.45) is 0 Å². The van der Waals surface area contributed by atoms with Crippen LogP contribution in [0.15, 0.2) is 78.9 Å². The number of para-hydroxylation sites is 1. The Labute approximate surface area is 162 Å². The van der Waals surface area contributed by atoms with Crippen LogP contribution in [0.3, 0.4) is 0 Å². The highest BCUT2D eigenvalue weighted by Crippen LogP contribution is 2.27. The van der Waals surface area contributed by atoms with E-state index in [0.717, 1.165) is 11.1 Å². The van der Waals surface area contributed by atoms with Gasteiger partial charge in [-0.1, -0.05) is 66.2 Å². The molecule has 0 spiro atoms. The summed E-state index contributed by atoms with van der Waals surface area (Å²) in [5, 5.41) is 3.26. The lowest BCUT2D eigenvalue weighted by Gasteiger charge is -2.16. The summed E-state index contributed by atoms with van der Waals surface area (Å²) >= 11 is 5.88. The Morgan fingerprint density at radius 2 is 1.63 bits per heavy atom. The molecule has 0 aliphatic carbocycles. The zero-order chi connectivity index (χ0) is 19.2. The van der Waals surface area contributed by atoms with Crippen LogP contribution in [0.2, 0.25) is 5.02 Å². The summed E-state index contributed by atoms with van der Waals surface area (Å²) in [5.41, 5.74) is 2.82. The van der Waals surface area contributed by atoms with Crippen LogP contribution in [0.25, 0.3) is 11.1 Å². The van der Waals surface area contributed by atoms with Crippen molar-refractivity contribution >= 4 is 29.2 Å². The van der Waals surface area contributed by atoms with E-state index in [4.69, 9.17) is 16.3 Å². The summed E-state index contributed by atoms with van der Waals surface area (Å²) in [4.78, 5) is 24.7. The standard InChI is InChI=1S/C22H18ClNO3/c1-15(27-22(26)17-10-7-11-18(23)14-17)21(25)24-20-13-6-5-12-19(20)16-8-3-2-4-9-16/h2-15H,1H3,(H,24,25)/t15-/m1/s1. The molecule has 0 saturated heterocycles. The molecule has 0 aliphatic rings. The van der Waals surface area contributed by atoms with Crippen LogP contribution >= 0.6 is 11.6 Å². The maximum Gasteiger partial charge on any atom is 0.338 e. The first-order valence-corrected chi connectivity index (χ1v) is 8.84. The molecule has 1 atom stereocenters. The van der Waals surface area contributed by atoms with Gasteiger partial charge in [-0.2, -0.15) is 0 Å². The van der Waals surface area contributed by atoms with Gasteiger partial charge in [-0.05, 0) is 36.8 Å². The predicted octanol–water partition coefficient (Wildman–Crippen LogP) is 5.19. The Bertz CT molecular complexity index is 957. The first-order valence-electron chi connectivity index (χ1n) is 8.46.